The number of ether oxygens (including phenoxy) is 1. The summed E-state index contributed by atoms with van der Waals surface area (Å²) in [5, 5.41) is 2.74. The highest BCUT2D eigenvalue weighted by Gasteiger charge is 2.12. The molecule has 140 valence electrons. The fourth-order valence-corrected chi connectivity index (χ4v) is 2.81. The van der Waals surface area contributed by atoms with E-state index in [2.05, 4.69) is 10.3 Å². The zero-order valence-corrected chi connectivity index (χ0v) is 15.1. The molecule has 0 aliphatic rings. The van der Waals surface area contributed by atoms with Crippen molar-refractivity contribution in [2.45, 2.75) is 32.4 Å². The Balaban J connectivity index is 1.65. The van der Waals surface area contributed by atoms with E-state index in [9.17, 15) is 9.18 Å². The van der Waals surface area contributed by atoms with Crippen LogP contribution in [-0.2, 0) is 17.8 Å². The number of aromatic nitrogens is 2. The molecule has 0 bridgehead atoms. The predicted octanol–water partition coefficient (Wildman–Crippen LogP) is 4.06. The van der Waals surface area contributed by atoms with Crippen LogP contribution in [0.2, 0.25) is 0 Å². The molecule has 3 aromatic rings. The first-order valence-electron chi connectivity index (χ1n) is 8.83. The quantitative estimate of drug-likeness (QED) is 0.653. The van der Waals surface area contributed by atoms with Crippen molar-refractivity contribution in [2.24, 2.45) is 0 Å². The van der Waals surface area contributed by atoms with E-state index in [1.54, 1.807) is 24.7 Å². The largest absolute Gasteiger partial charge is 0.489 e. The van der Waals surface area contributed by atoms with Crippen LogP contribution in [0.5, 0.6) is 5.75 Å². The summed E-state index contributed by atoms with van der Waals surface area (Å²) in [5.41, 5.74) is 1.80. The molecule has 6 heteroatoms. The molecule has 1 N–H and O–H groups in total. The van der Waals surface area contributed by atoms with Crippen LogP contribution in [0, 0.1) is 5.82 Å². The average Bonchev–Trinajstić information content (AvgIpc) is 3.15. The Bertz CT molecular complexity index is 846. The molecule has 0 saturated heterocycles. The number of benzene rings is 2. The normalized spacial score (nSPS) is 11.8. The lowest BCUT2D eigenvalue weighted by Crippen LogP contribution is -2.23. The molecule has 27 heavy (non-hydrogen) atoms. The van der Waals surface area contributed by atoms with Gasteiger partial charge in [0, 0.05) is 25.0 Å². The molecule has 0 radical (unpaired) electrons. The Kier molecular flexibility index (Phi) is 6.20. The summed E-state index contributed by atoms with van der Waals surface area (Å²) in [6.07, 6.45) is 6.87. The highest BCUT2D eigenvalue weighted by Crippen LogP contribution is 2.19. The number of imidazole rings is 1. The Labute approximate surface area is 157 Å². The van der Waals surface area contributed by atoms with Gasteiger partial charge in [0.05, 0.1) is 12.9 Å². The lowest BCUT2D eigenvalue weighted by atomic mass is 10.1. The second kappa shape index (κ2) is 8.98. The summed E-state index contributed by atoms with van der Waals surface area (Å²) in [6, 6.07) is 13.8. The van der Waals surface area contributed by atoms with Crippen molar-refractivity contribution in [3.63, 3.8) is 0 Å². The second-order valence-electron chi connectivity index (χ2n) is 6.37. The number of carbonyl (C=O) groups is 1. The van der Waals surface area contributed by atoms with Crippen LogP contribution in [-0.4, -0.2) is 21.6 Å². The number of amides is 1. The van der Waals surface area contributed by atoms with Crippen LogP contribution in [0.25, 0.3) is 0 Å². The van der Waals surface area contributed by atoms with Crippen molar-refractivity contribution >= 4 is 11.6 Å². The third kappa shape index (κ3) is 5.95. The number of nitrogens with zero attached hydrogens (tertiary/aromatic N) is 2. The van der Waals surface area contributed by atoms with Gasteiger partial charge in [0.1, 0.15) is 17.7 Å². The highest BCUT2D eigenvalue weighted by atomic mass is 19.1. The lowest BCUT2D eigenvalue weighted by molar-refractivity contribution is -0.114. The van der Waals surface area contributed by atoms with Gasteiger partial charge in [-0.15, -0.1) is 0 Å². The Morgan fingerprint density at radius 1 is 1.19 bits per heavy atom. The summed E-state index contributed by atoms with van der Waals surface area (Å²) >= 11 is 0. The average molecular weight is 367 g/mol. The number of halogens is 1. The molecule has 1 aromatic heterocycles. The number of rotatable bonds is 8. The van der Waals surface area contributed by atoms with E-state index in [1.165, 1.54) is 19.1 Å². The lowest BCUT2D eigenvalue weighted by Gasteiger charge is -2.20. The first kappa shape index (κ1) is 18.6. The van der Waals surface area contributed by atoms with E-state index in [0.29, 0.717) is 6.54 Å². The van der Waals surface area contributed by atoms with Crippen LogP contribution in [0.4, 0.5) is 10.1 Å². The molecule has 0 saturated carbocycles. The maximum absolute atomic E-state index is 13.1. The van der Waals surface area contributed by atoms with Crippen LogP contribution in [0.15, 0.2) is 67.3 Å². The molecule has 5 nitrogen and oxygen atoms in total. The molecule has 1 amide bonds. The number of aryl methyl sites for hydroxylation is 1. The first-order valence-corrected chi connectivity index (χ1v) is 8.83. The van der Waals surface area contributed by atoms with E-state index in [4.69, 9.17) is 4.74 Å². The highest BCUT2D eigenvalue weighted by molar-refractivity contribution is 5.88. The summed E-state index contributed by atoms with van der Waals surface area (Å²) < 4.78 is 21.2. The van der Waals surface area contributed by atoms with Crippen LogP contribution < -0.4 is 10.1 Å². The minimum Gasteiger partial charge on any atom is -0.489 e. The third-order valence-corrected chi connectivity index (χ3v) is 4.12. The number of hydrogen-bond donors (Lipinski definition) is 1. The van der Waals surface area contributed by atoms with E-state index < -0.39 is 0 Å². The molecule has 0 fully saturated rings. The molecule has 0 aliphatic heterocycles. The van der Waals surface area contributed by atoms with Crippen molar-refractivity contribution in [3.05, 3.63) is 78.6 Å². The molecule has 3 rings (SSSR count). The number of carbonyl (C=O) groups excluding carboxylic acids is 1. The van der Waals surface area contributed by atoms with E-state index in [0.717, 1.165) is 29.8 Å². The first-order chi connectivity index (χ1) is 13.1. The topological polar surface area (TPSA) is 56.1 Å². The maximum atomic E-state index is 13.1. The maximum Gasteiger partial charge on any atom is 0.221 e. The van der Waals surface area contributed by atoms with Gasteiger partial charge in [-0.25, -0.2) is 9.37 Å². The van der Waals surface area contributed by atoms with Gasteiger partial charge in [-0.3, -0.25) is 4.79 Å². The Hall–Kier alpha value is -3.15. The minimum absolute atomic E-state index is 0.0733. The van der Waals surface area contributed by atoms with Gasteiger partial charge in [-0.05, 0) is 54.8 Å². The fourth-order valence-electron chi connectivity index (χ4n) is 2.81. The third-order valence-electron chi connectivity index (χ3n) is 4.12. The fraction of sp³-hybridized carbons (Fsp3) is 0.238. The molecular formula is C21H22FN3O2. The zero-order valence-electron chi connectivity index (χ0n) is 15.1. The predicted molar refractivity (Wildman–Crippen MR) is 102 cm³/mol. The van der Waals surface area contributed by atoms with Crippen molar-refractivity contribution in [3.8, 4) is 5.75 Å². The summed E-state index contributed by atoms with van der Waals surface area (Å²) in [6.45, 7) is 2.13. The van der Waals surface area contributed by atoms with Crippen LogP contribution >= 0.6 is 0 Å². The number of anilines is 1. The second-order valence-corrected chi connectivity index (χ2v) is 6.37. The Morgan fingerprint density at radius 3 is 2.56 bits per heavy atom. The van der Waals surface area contributed by atoms with Gasteiger partial charge in [0.2, 0.25) is 5.91 Å². The van der Waals surface area contributed by atoms with E-state index in [-0.39, 0.29) is 17.8 Å². The van der Waals surface area contributed by atoms with Crippen molar-refractivity contribution in [1.82, 2.24) is 9.55 Å². The Morgan fingerprint density at radius 2 is 1.93 bits per heavy atom. The smallest absolute Gasteiger partial charge is 0.221 e. The summed E-state index contributed by atoms with van der Waals surface area (Å²) in [7, 11) is 0. The molecule has 1 atom stereocenters. The van der Waals surface area contributed by atoms with Crippen molar-refractivity contribution in [1.29, 1.82) is 0 Å². The van der Waals surface area contributed by atoms with Gasteiger partial charge in [-0.2, -0.15) is 0 Å². The number of hydrogen-bond acceptors (Lipinski definition) is 3. The summed E-state index contributed by atoms with van der Waals surface area (Å²) in [4.78, 5) is 15.2. The molecule has 1 heterocycles. The standard InChI is InChI=1S/C21H22FN3O2/c1-16(26)24-19-7-10-20(11-8-19)27-21(14-25-13-12-23-15-25)9-4-17-2-5-18(22)6-3-17/h2-3,5-8,10-13,15,21H,4,9,14H2,1H3,(H,24,26). The van der Waals surface area contributed by atoms with Gasteiger partial charge in [0.25, 0.3) is 0 Å². The van der Waals surface area contributed by atoms with Crippen LogP contribution in [0.1, 0.15) is 18.9 Å². The number of nitrogens with one attached hydrogen (secondary N) is 1. The molecular weight excluding hydrogens is 345 g/mol. The van der Waals surface area contributed by atoms with Crippen LogP contribution in [0.3, 0.4) is 0 Å². The monoisotopic (exact) mass is 367 g/mol. The molecule has 0 aliphatic carbocycles. The molecule has 1 unspecified atom stereocenters. The SMILES string of the molecule is CC(=O)Nc1ccc(OC(CCc2ccc(F)cc2)Cn2ccnc2)cc1. The zero-order chi connectivity index (χ0) is 19.1. The minimum atomic E-state index is -0.232. The van der Waals surface area contributed by atoms with Gasteiger partial charge >= 0.3 is 0 Å². The van der Waals surface area contributed by atoms with Crippen molar-refractivity contribution < 1.29 is 13.9 Å². The van der Waals surface area contributed by atoms with Gasteiger partial charge in [0.15, 0.2) is 0 Å². The van der Waals surface area contributed by atoms with E-state index in [1.807, 2.05) is 35.0 Å². The molecule has 2 aromatic carbocycles. The summed E-state index contributed by atoms with van der Waals surface area (Å²) in [5.74, 6) is 0.387. The van der Waals surface area contributed by atoms with Crippen molar-refractivity contribution in [2.75, 3.05) is 5.32 Å². The molecule has 0 spiro atoms. The van der Waals surface area contributed by atoms with Gasteiger partial charge < -0.3 is 14.6 Å². The van der Waals surface area contributed by atoms with Gasteiger partial charge in [-0.1, -0.05) is 12.1 Å². The van der Waals surface area contributed by atoms with E-state index >= 15 is 0 Å².